The fraction of sp³-hybridized carbons (Fsp3) is 0.316. The van der Waals surface area contributed by atoms with Gasteiger partial charge < -0.3 is 10.6 Å². The summed E-state index contributed by atoms with van der Waals surface area (Å²) >= 11 is 5.83. The summed E-state index contributed by atoms with van der Waals surface area (Å²) in [5.74, 6) is -0.524. The van der Waals surface area contributed by atoms with Crippen molar-refractivity contribution in [3.63, 3.8) is 0 Å². The molecule has 1 aromatic heterocycles. The van der Waals surface area contributed by atoms with Crippen molar-refractivity contribution in [3.8, 4) is 0 Å². The predicted molar refractivity (Wildman–Crippen MR) is 98.0 cm³/mol. The number of pyridine rings is 1. The average molecular weight is 358 g/mol. The van der Waals surface area contributed by atoms with E-state index in [1.54, 1.807) is 30.3 Å². The molecule has 2 aromatic rings. The quantitative estimate of drug-likeness (QED) is 0.867. The van der Waals surface area contributed by atoms with Crippen molar-refractivity contribution < 1.29 is 9.59 Å². The third-order valence-electron chi connectivity index (χ3n) is 4.30. The van der Waals surface area contributed by atoms with E-state index >= 15 is 0 Å². The van der Waals surface area contributed by atoms with Crippen LogP contribution in [0.2, 0.25) is 5.02 Å². The SMILES string of the molecule is O=C(NC1CCCCC1)c1ccnc(C(=O)Nc2ccc(Cl)cc2)c1. The first-order valence-electron chi connectivity index (χ1n) is 8.45. The smallest absolute Gasteiger partial charge is 0.274 e. The second-order valence-corrected chi connectivity index (χ2v) is 6.64. The zero-order valence-corrected chi connectivity index (χ0v) is 14.6. The van der Waals surface area contributed by atoms with E-state index in [-0.39, 0.29) is 23.6 Å². The molecule has 1 fully saturated rings. The number of nitrogens with zero attached hydrogens (tertiary/aromatic N) is 1. The number of hydrogen-bond donors (Lipinski definition) is 2. The highest BCUT2D eigenvalue weighted by Crippen LogP contribution is 2.18. The van der Waals surface area contributed by atoms with E-state index < -0.39 is 0 Å². The Labute approximate surface area is 151 Å². The molecule has 0 saturated heterocycles. The molecule has 0 unspecified atom stereocenters. The molecular weight excluding hydrogens is 338 g/mol. The van der Waals surface area contributed by atoms with Gasteiger partial charge in [-0.1, -0.05) is 30.9 Å². The lowest BCUT2D eigenvalue weighted by molar-refractivity contribution is 0.0927. The third kappa shape index (κ3) is 4.79. The molecule has 0 spiro atoms. The van der Waals surface area contributed by atoms with E-state index in [1.807, 2.05) is 0 Å². The van der Waals surface area contributed by atoms with Crippen LogP contribution in [0.4, 0.5) is 5.69 Å². The molecule has 0 radical (unpaired) electrons. The maximum atomic E-state index is 12.4. The molecule has 5 nitrogen and oxygen atoms in total. The first kappa shape index (κ1) is 17.4. The van der Waals surface area contributed by atoms with E-state index in [0.717, 1.165) is 25.7 Å². The minimum Gasteiger partial charge on any atom is -0.349 e. The molecule has 6 heteroatoms. The van der Waals surface area contributed by atoms with E-state index in [9.17, 15) is 9.59 Å². The van der Waals surface area contributed by atoms with Crippen LogP contribution in [-0.4, -0.2) is 22.8 Å². The largest absolute Gasteiger partial charge is 0.349 e. The minimum absolute atomic E-state index is 0.158. The van der Waals surface area contributed by atoms with Gasteiger partial charge in [0.1, 0.15) is 5.69 Å². The summed E-state index contributed by atoms with van der Waals surface area (Å²) in [4.78, 5) is 28.8. The molecule has 2 amide bonds. The van der Waals surface area contributed by atoms with Crippen LogP contribution < -0.4 is 10.6 Å². The highest BCUT2D eigenvalue weighted by molar-refractivity contribution is 6.30. The molecule has 3 rings (SSSR count). The van der Waals surface area contributed by atoms with Crippen LogP contribution in [0.5, 0.6) is 0 Å². The van der Waals surface area contributed by atoms with Crippen LogP contribution in [0, 0.1) is 0 Å². The Balaban J connectivity index is 1.66. The molecule has 25 heavy (non-hydrogen) atoms. The van der Waals surface area contributed by atoms with Gasteiger partial charge in [0, 0.05) is 28.5 Å². The van der Waals surface area contributed by atoms with Crippen molar-refractivity contribution in [2.24, 2.45) is 0 Å². The molecule has 1 aromatic carbocycles. The number of benzene rings is 1. The van der Waals surface area contributed by atoms with E-state index in [2.05, 4.69) is 15.6 Å². The summed E-state index contributed by atoms with van der Waals surface area (Å²) in [6, 6.07) is 10.2. The van der Waals surface area contributed by atoms with Crippen molar-refractivity contribution in [1.29, 1.82) is 0 Å². The summed E-state index contributed by atoms with van der Waals surface area (Å²) < 4.78 is 0. The van der Waals surface area contributed by atoms with Gasteiger partial charge >= 0.3 is 0 Å². The van der Waals surface area contributed by atoms with Crippen molar-refractivity contribution in [1.82, 2.24) is 10.3 Å². The van der Waals surface area contributed by atoms with Crippen molar-refractivity contribution in [3.05, 3.63) is 58.9 Å². The van der Waals surface area contributed by atoms with Gasteiger partial charge in [0.2, 0.25) is 0 Å². The number of hydrogen-bond acceptors (Lipinski definition) is 3. The van der Waals surface area contributed by atoms with E-state index in [4.69, 9.17) is 11.6 Å². The molecule has 1 aliphatic rings. The molecule has 1 aliphatic carbocycles. The van der Waals surface area contributed by atoms with Crippen LogP contribution in [0.15, 0.2) is 42.6 Å². The van der Waals surface area contributed by atoms with Crippen LogP contribution in [0.1, 0.15) is 53.0 Å². The van der Waals surface area contributed by atoms with Crippen LogP contribution >= 0.6 is 11.6 Å². The fourth-order valence-corrected chi connectivity index (χ4v) is 3.07. The molecule has 1 heterocycles. The van der Waals surface area contributed by atoms with Gasteiger partial charge in [-0.15, -0.1) is 0 Å². The Bertz CT molecular complexity index is 756. The highest BCUT2D eigenvalue weighted by atomic mass is 35.5. The number of carbonyl (C=O) groups is 2. The van der Waals surface area contributed by atoms with Crippen molar-refractivity contribution in [2.75, 3.05) is 5.32 Å². The topological polar surface area (TPSA) is 71.1 Å². The predicted octanol–water partition coefficient (Wildman–Crippen LogP) is 4.05. The van der Waals surface area contributed by atoms with Gasteiger partial charge in [0.25, 0.3) is 11.8 Å². The Kier molecular flexibility index (Phi) is 5.66. The number of nitrogens with one attached hydrogen (secondary N) is 2. The highest BCUT2D eigenvalue weighted by Gasteiger charge is 2.18. The Morgan fingerprint density at radius 1 is 1.00 bits per heavy atom. The van der Waals surface area contributed by atoms with Crippen molar-refractivity contribution >= 4 is 29.1 Å². The Morgan fingerprint density at radius 3 is 2.44 bits per heavy atom. The maximum absolute atomic E-state index is 12.4. The summed E-state index contributed by atoms with van der Waals surface area (Å²) in [5, 5.41) is 6.38. The van der Waals surface area contributed by atoms with Gasteiger partial charge in [0.15, 0.2) is 0 Å². The van der Waals surface area contributed by atoms with Crippen LogP contribution in [0.3, 0.4) is 0 Å². The van der Waals surface area contributed by atoms with Gasteiger partial charge in [-0.3, -0.25) is 14.6 Å². The lowest BCUT2D eigenvalue weighted by Gasteiger charge is -2.22. The maximum Gasteiger partial charge on any atom is 0.274 e. The zero-order valence-electron chi connectivity index (χ0n) is 13.8. The Morgan fingerprint density at radius 2 is 1.72 bits per heavy atom. The van der Waals surface area contributed by atoms with Crippen molar-refractivity contribution in [2.45, 2.75) is 38.1 Å². The van der Waals surface area contributed by atoms with Crippen LogP contribution in [-0.2, 0) is 0 Å². The average Bonchev–Trinajstić information content (AvgIpc) is 2.64. The monoisotopic (exact) mass is 357 g/mol. The number of amides is 2. The first-order chi connectivity index (χ1) is 12.1. The van der Waals surface area contributed by atoms with E-state index in [1.165, 1.54) is 18.7 Å². The second kappa shape index (κ2) is 8.12. The minimum atomic E-state index is -0.366. The summed E-state index contributed by atoms with van der Waals surface area (Å²) in [7, 11) is 0. The number of halogens is 1. The molecule has 1 saturated carbocycles. The van der Waals surface area contributed by atoms with Gasteiger partial charge in [-0.05, 0) is 49.2 Å². The summed E-state index contributed by atoms with van der Waals surface area (Å²) in [6.45, 7) is 0. The van der Waals surface area contributed by atoms with Gasteiger partial charge in [-0.25, -0.2) is 0 Å². The molecular formula is C19H20ClN3O2. The molecule has 0 bridgehead atoms. The molecule has 0 atom stereocenters. The van der Waals surface area contributed by atoms with Gasteiger partial charge in [-0.2, -0.15) is 0 Å². The first-order valence-corrected chi connectivity index (χ1v) is 8.83. The van der Waals surface area contributed by atoms with Crippen LogP contribution in [0.25, 0.3) is 0 Å². The second-order valence-electron chi connectivity index (χ2n) is 6.20. The molecule has 2 N–H and O–H groups in total. The third-order valence-corrected chi connectivity index (χ3v) is 4.55. The summed E-state index contributed by atoms with van der Waals surface area (Å²) in [6.07, 6.45) is 7.04. The lowest BCUT2D eigenvalue weighted by Crippen LogP contribution is -2.36. The number of rotatable bonds is 4. The normalized spacial score (nSPS) is 14.8. The lowest BCUT2D eigenvalue weighted by atomic mass is 9.95. The molecule has 130 valence electrons. The fourth-order valence-electron chi connectivity index (χ4n) is 2.94. The summed E-state index contributed by atoms with van der Waals surface area (Å²) in [5.41, 5.74) is 1.27. The number of aromatic nitrogens is 1. The Hall–Kier alpha value is -2.40. The molecule has 0 aliphatic heterocycles. The number of anilines is 1. The standard InChI is InChI=1S/C19H20ClN3O2/c20-14-6-8-16(9-7-14)23-19(25)17-12-13(10-11-21-17)18(24)22-15-4-2-1-3-5-15/h6-12,15H,1-5H2,(H,22,24)(H,23,25). The van der Waals surface area contributed by atoms with Gasteiger partial charge in [0.05, 0.1) is 0 Å². The van der Waals surface area contributed by atoms with E-state index in [0.29, 0.717) is 16.3 Å². The zero-order chi connectivity index (χ0) is 17.6. The number of carbonyl (C=O) groups excluding carboxylic acids is 2.